The molecule has 1 aromatic heterocycles. The molecule has 1 fully saturated rings. The van der Waals surface area contributed by atoms with Gasteiger partial charge in [0, 0.05) is 37.3 Å². The van der Waals surface area contributed by atoms with Crippen LogP contribution in [0.4, 0.5) is 13.2 Å². The molecule has 0 aliphatic heterocycles. The number of amides is 1. The minimum absolute atomic E-state index is 0.0173. The second-order valence-corrected chi connectivity index (χ2v) is 13.0. The summed E-state index contributed by atoms with van der Waals surface area (Å²) in [7, 11) is -3.49. The molecule has 1 amide bonds. The van der Waals surface area contributed by atoms with Gasteiger partial charge < -0.3 is 5.32 Å². The molecule has 0 radical (unpaired) electrons. The van der Waals surface area contributed by atoms with Crippen molar-refractivity contribution in [3.8, 4) is 0 Å². The summed E-state index contributed by atoms with van der Waals surface area (Å²) in [5.74, 6) is -3.34. The quantitative estimate of drug-likeness (QED) is 0.340. The fraction of sp³-hybridized carbons (Fsp3) is 0.455. The summed E-state index contributed by atoms with van der Waals surface area (Å²) in [5.41, 5.74) is 0.123. The van der Waals surface area contributed by atoms with E-state index in [4.69, 9.17) is 11.6 Å². The molecular formula is C22H23ClF3IN2O3S. The lowest BCUT2D eigenvalue weighted by Crippen LogP contribution is -2.45. The topological polar surface area (TPSA) is 76.1 Å². The van der Waals surface area contributed by atoms with Crippen molar-refractivity contribution < 1.29 is 26.4 Å². The normalized spacial score (nSPS) is 19.5. The summed E-state index contributed by atoms with van der Waals surface area (Å²) in [6, 6.07) is 6.99. The zero-order valence-electron chi connectivity index (χ0n) is 18.0. The van der Waals surface area contributed by atoms with Crippen LogP contribution in [0.1, 0.15) is 54.2 Å². The van der Waals surface area contributed by atoms with Crippen LogP contribution >= 0.6 is 34.2 Å². The molecule has 180 valence electrons. The zero-order chi connectivity index (χ0) is 24.7. The molecule has 11 heteroatoms. The fourth-order valence-corrected chi connectivity index (χ4v) is 5.18. The van der Waals surface area contributed by atoms with E-state index in [2.05, 4.69) is 10.3 Å². The Morgan fingerprint density at radius 2 is 1.85 bits per heavy atom. The van der Waals surface area contributed by atoms with E-state index in [0.29, 0.717) is 5.56 Å². The Bertz CT molecular complexity index is 1140. The highest BCUT2D eigenvalue weighted by Gasteiger charge is 2.45. The molecule has 2 aromatic rings. The Morgan fingerprint density at radius 1 is 1.21 bits per heavy atom. The number of benzene rings is 1. The van der Waals surface area contributed by atoms with Gasteiger partial charge in [-0.05, 0) is 72.2 Å². The highest BCUT2D eigenvalue weighted by atomic mass is 127. The van der Waals surface area contributed by atoms with E-state index < -0.39 is 30.8 Å². The molecule has 0 spiro atoms. The standard InChI is InChI=1S/C22H23ClF3IN2O3S/c1-20(24,27)18-6-3-14(12-28-18)21(7-9-22(25,26)10-8-21)13-29-19(30)16-5-4-15(11-17(16)23)33(2,31)32/h3-6,11-12H,7-10,13H2,1-2H3,(H,29,30). The number of sulfone groups is 1. The van der Waals surface area contributed by atoms with Crippen molar-refractivity contribution in [1.29, 1.82) is 0 Å². The van der Waals surface area contributed by atoms with E-state index in [1.165, 1.54) is 37.4 Å². The summed E-state index contributed by atoms with van der Waals surface area (Å²) in [4.78, 5) is 17.0. The van der Waals surface area contributed by atoms with E-state index in [9.17, 15) is 26.4 Å². The molecule has 5 nitrogen and oxygen atoms in total. The Hall–Kier alpha value is -1.40. The number of nitrogens with zero attached hydrogens (tertiary/aromatic N) is 1. The second-order valence-electron chi connectivity index (χ2n) is 8.55. The molecule has 1 aliphatic carbocycles. The summed E-state index contributed by atoms with van der Waals surface area (Å²) in [6.07, 6.45) is 2.04. The predicted molar refractivity (Wildman–Crippen MR) is 129 cm³/mol. The van der Waals surface area contributed by atoms with Crippen molar-refractivity contribution in [2.24, 2.45) is 0 Å². The first kappa shape index (κ1) is 26.2. The third-order valence-corrected chi connectivity index (χ3v) is 7.94. The summed E-state index contributed by atoms with van der Waals surface area (Å²) in [6.45, 7) is 1.41. The number of nitrogens with one attached hydrogen (secondary N) is 1. The number of carbonyl (C=O) groups is 1. The minimum Gasteiger partial charge on any atom is -0.351 e. The third-order valence-electron chi connectivity index (χ3n) is 5.96. The molecule has 1 saturated carbocycles. The molecule has 3 rings (SSSR count). The first-order valence-corrected chi connectivity index (χ1v) is 13.5. The number of pyridine rings is 1. The highest BCUT2D eigenvalue weighted by molar-refractivity contribution is 14.1. The van der Waals surface area contributed by atoms with Gasteiger partial charge in [0.25, 0.3) is 5.91 Å². The van der Waals surface area contributed by atoms with Gasteiger partial charge in [-0.2, -0.15) is 0 Å². The number of hydrogen-bond donors (Lipinski definition) is 1. The number of aromatic nitrogens is 1. The molecule has 1 atom stereocenters. The van der Waals surface area contributed by atoms with Crippen LogP contribution < -0.4 is 5.32 Å². The van der Waals surface area contributed by atoms with Gasteiger partial charge in [0.15, 0.2) is 13.5 Å². The van der Waals surface area contributed by atoms with Gasteiger partial charge in [0.05, 0.1) is 21.2 Å². The average Bonchev–Trinajstić information content (AvgIpc) is 2.72. The van der Waals surface area contributed by atoms with Gasteiger partial charge in [-0.25, -0.2) is 21.6 Å². The molecule has 0 bridgehead atoms. The van der Waals surface area contributed by atoms with Crippen LogP contribution in [0.3, 0.4) is 0 Å². The Kier molecular flexibility index (Phi) is 7.41. The lowest BCUT2D eigenvalue weighted by molar-refractivity contribution is -0.0516. The molecule has 1 N–H and O–H groups in total. The average molecular weight is 615 g/mol. The van der Waals surface area contributed by atoms with Gasteiger partial charge in [0.2, 0.25) is 5.92 Å². The molecule has 1 aromatic carbocycles. The third kappa shape index (κ3) is 6.19. The maximum absolute atomic E-state index is 14.2. The van der Waals surface area contributed by atoms with Crippen LogP contribution in [0, 0.1) is 0 Å². The number of carbonyl (C=O) groups excluding carboxylic acids is 1. The van der Waals surface area contributed by atoms with Crippen molar-refractivity contribution in [2.75, 3.05) is 12.8 Å². The maximum Gasteiger partial charge on any atom is 0.252 e. The molecular weight excluding hydrogens is 592 g/mol. The van der Waals surface area contributed by atoms with Gasteiger partial charge in [-0.1, -0.05) is 17.7 Å². The van der Waals surface area contributed by atoms with Crippen LogP contribution in [-0.2, 0) is 18.9 Å². The SMILES string of the molecule is CC(F)(I)c1ccc(C2(CNC(=O)c3ccc(S(C)(=O)=O)cc3Cl)CCC(F)(F)CC2)cn1. The highest BCUT2D eigenvalue weighted by Crippen LogP contribution is 2.45. The van der Waals surface area contributed by atoms with Gasteiger partial charge >= 0.3 is 0 Å². The lowest BCUT2D eigenvalue weighted by Gasteiger charge is -2.40. The first-order chi connectivity index (χ1) is 15.1. The van der Waals surface area contributed by atoms with Crippen molar-refractivity contribution in [3.63, 3.8) is 0 Å². The van der Waals surface area contributed by atoms with E-state index in [1.807, 2.05) is 0 Å². The molecule has 1 heterocycles. The first-order valence-electron chi connectivity index (χ1n) is 10.1. The number of halogens is 5. The van der Waals surface area contributed by atoms with Crippen LogP contribution in [0.25, 0.3) is 0 Å². The monoisotopic (exact) mass is 614 g/mol. The van der Waals surface area contributed by atoms with Gasteiger partial charge in [-0.3, -0.25) is 9.78 Å². The van der Waals surface area contributed by atoms with Gasteiger partial charge in [-0.15, -0.1) is 0 Å². The maximum atomic E-state index is 14.2. The van der Waals surface area contributed by atoms with Crippen LogP contribution in [0.15, 0.2) is 41.4 Å². The molecule has 33 heavy (non-hydrogen) atoms. The zero-order valence-corrected chi connectivity index (χ0v) is 21.7. The molecule has 1 aliphatic rings. The summed E-state index contributed by atoms with van der Waals surface area (Å²) >= 11 is 7.75. The number of alkyl halides is 4. The van der Waals surface area contributed by atoms with E-state index >= 15 is 0 Å². The number of rotatable bonds is 6. The van der Waals surface area contributed by atoms with Crippen molar-refractivity contribution >= 4 is 49.9 Å². The molecule has 1 unspecified atom stereocenters. The van der Waals surface area contributed by atoms with Crippen LogP contribution in [-0.4, -0.2) is 38.0 Å². The van der Waals surface area contributed by atoms with Crippen molar-refractivity contribution in [2.45, 2.75) is 52.5 Å². The second kappa shape index (κ2) is 9.33. The summed E-state index contributed by atoms with van der Waals surface area (Å²) in [5, 5.41) is 2.73. The summed E-state index contributed by atoms with van der Waals surface area (Å²) < 4.78 is 63.7. The fourth-order valence-electron chi connectivity index (χ4n) is 3.88. The van der Waals surface area contributed by atoms with Crippen LogP contribution in [0.2, 0.25) is 5.02 Å². The van der Waals surface area contributed by atoms with E-state index in [-0.39, 0.29) is 53.4 Å². The van der Waals surface area contributed by atoms with Crippen LogP contribution in [0.5, 0.6) is 0 Å². The Labute approximate surface area is 209 Å². The number of hydrogen-bond acceptors (Lipinski definition) is 4. The Balaban J connectivity index is 1.85. The lowest BCUT2D eigenvalue weighted by atomic mass is 9.68. The smallest absolute Gasteiger partial charge is 0.252 e. The van der Waals surface area contributed by atoms with Gasteiger partial charge in [0.1, 0.15) is 0 Å². The minimum atomic E-state index is -3.49. The van der Waals surface area contributed by atoms with E-state index in [1.54, 1.807) is 28.7 Å². The van der Waals surface area contributed by atoms with E-state index in [0.717, 1.165) is 6.26 Å². The predicted octanol–water partition coefficient (Wildman–Crippen LogP) is 5.59. The molecule has 0 saturated heterocycles. The Morgan fingerprint density at radius 3 is 2.33 bits per heavy atom. The largest absolute Gasteiger partial charge is 0.351 e. The van der Waals surface area contributed by atoms with Crippen molar-refractivity contribution in [3.05, 3.63) is 58.4 Å². The van der Waals surface area contributed by atoms with Crippen molar-refractivity contribution in [1.82, 2.24) is 10.3 Å².